The van der Waals surface area contributed by atoms with E-state index in [1.54, 1.807) is 24.3 Å². The summed E-state index contributed by atoms with van der Waals surface area (Å²) in [6.07, 6.45) is 0.903. The number of benzene rings is 1. The minimum atomic E-state index is -3.76. The topological polar surface area (TPSA) is 129 Å². The Hall–Kier alpha value is -3.23. The molecule has 0 fully saturated rings. The van der Waals surface area contributed by atoms with Gasteiger partial charge in [0, 0.05) is 14.1 Å². The van der Waals surface area contributed by atoms with Gasteiger partial charge in [0.05, 0.1) is 24.4 Å². The molecule has 0 atom stereocenters. The highest BCUT2D eigenvalue weighted by Gasteiger charge is 2.21. The van der Waals surface area contributed by atoms with E-state index >= 15 is 0 Å². The monoisotopic (exact) mass is 403 g/mol. The van der Waals surface area contributed by atoms with E-state index in [1.165, 1.54) is 23.2 Å². The average Bonchev–Trinajstić information content (AvgIpc) is 3.01. The average molecular weight is 403 g/mol. The van der Waals surface area contributed by atoms with Gasteiger partial charge in [-0.25, -0.2) is 9.78 Å². The molecule has 0 bridgehead atoms. The third-order valence-corrected chi connectivity index (χ3v) is 4.84. The Kier molecular flexibility index (Phi) is 4.93. The second kappa shape index (κ2) is 7.06. The number of hydrogen-bond donors (Lipinski definition) is 0. The van der Waals surface area contributed by atoms with Crippen molar-refractivity contribution in [3.63, 3.8) is 0 Å². The number of hydrogen-bond acceptors (Lipinski definition) is 7. The number of imidazole rings is 1. The Balaban J connectivity index is 2.29. The maximum absolute atomic E-state index is 12.7. The molecule has 0 aliphatic rings. The van der Waals surface area contributed by atoms with Gasteiger partial charge in [-0.3, -0.25) is 18.1 Å². The summed E-state index contributed by atoms with van der Waals surface area (Å²) in [4.78, 5) is 29.2. The largest absolute Gasteiger partial charge is 0.332 e. The lowest BCUT2D eigenvalue weighted by atomic mass is 10.1. The molecule has 0 unspecified atom stereocenters. The van der Waals surface area contributed by atoms with Crippen LogP contribution < -0.4 is 11.2 Å². The van der Waals surface area contributed by atoms with E-state index in [2.05, 4.69) is 11.1 Å². The van der Waals surface area contributed by atoms with Crippen LogP contribution in [0, 0.1) is 11.3 Å². The van der Waals surface area contributed by atoms with Gasteiger partial charge in [-0.1, -0.05) is 18.2 Å². The van der Waals surface area contributed by atoms with Crippen molar-refractivity contribution < 1.29 is 12.6 Å². The van der Waals surface area contributed by atoms with E-state index in [0.29, 0.717) is 11.1 Å². The molecule has 0 aliphatic carbocycles. The molecule has 2 heterocycles. The van der Waals surface area contributed by atoms with Gasteiger partial charge in [-0.2, -0.15) is 13.7 Å². The minimum Gasteiger partial charge on any atom is -0.316 e. The highest BCUT2D eigenvalue weighted by Crippen LogP contribution is 2.17. The molecule has 0 radical (unpaired) electrons. The van der Waals surface area contributed by atoms with Crippen LogP contribution in [-0.4, -0.2) is 33.4 Å². The highest BCUT2D eigenvalue weighted by atomic mass is 32.2. The van der Waals surface area contributed by atoms with Gasteiger partial charge in [0.2, 0.25) is 0 Å². The highest BCUT2D eigenvalue weighted by molar-refractivity contribution is 7.85. The normalized spacial score (nSPS) is 11.6. The molecule has 10 nitrogen and oxygen atoms in total. The molecule has 0 N–H and O–H groups in total. The van der Waals surface area contributed by atoms with Gasteiger partial charge < -0.3 is 4.57 Å². The third kappa shape index (κ3) is 3.47. The van der Waals surface area contributed by atoms with Gasteiger partial charge in [-0.15, -0.1) is 0 Å². The fourth-order valence-electron chi connectivity index (χ4n) is 2.87. The second-order valence-corrected chi connectivity index (χ2v) is 7.87. The number of aryl methyl sites for hydroxylation is 1. The summed E-state index contributed by atoms with van der Waals surface area (Å²) in [6, 6.07) is 8.89. The molecule has 1 aromatic carbocycles. The number of nitrogens with zero attached hydrogens (tertiary/aromatic N) is 5. The molecule has 146 valence electrons. The van der Waals surface area contributed by atoms with Crippen molar-refractivity contribution in [1.29, 1.82) is 5.26 Å². The Bertz CT molecular complexity index is 1340. The first-order valence-corrected chi connectivity index (χ1v) is 9.93. The summed E-state index contributed by atoms with van der Waals surface area (Å²) in [5.41, 5.74) is 0.0988. The van der Waals surface area contributed by atoms with Gasteiger partial charge in [-0.05, 0) is 11.6 Å². The maximum atomic E-state index is 12.7. The smallest absolute Gasteiger partial charge is 0.316 e. The first-order valence-electron chi connectivity index (χ1n) is 8.11. The predicted molar refractivity (Wildman–Crippen MR) is 100 cm³/mol. The first kappa shape index (κ1) is 19.5. The Morgan fingerprint density at radius 3 is 2.50 bits per heavy atom. The van der Waals surface area contributed by atoms with Crippen molar-refractivity contribution in [2.75, 3.05) is 6.26 Å². The Morgan fingerprint density at radius 1 is 1.18 bits per heavy atom. The lowest BCUT2D eigenvalue weighted by molar-refractivity contribution is 0.297. The van der Waals surface area contributed by atoms with Crippen LogP contribution in [0.2, 0.25) is 0 Å². The SMILES string of the molecule is Cn1c(=O)c2c(nc(COS(C)(=O)=O)n2Cc2ccccc2C#N)n(C)c1=O. The summed E-state index contributed by atoms with van der Waals surface area (Å²) in [5.74, 6) is 0.145. The Labute approximate surface area is 160 Å². The van der Waals surface area contributed by atoms with E-state index in [1.807, 2.05) is 0 Å². The zero-order valence-electron chi connectivity index (χ0n) is 15.4. The summed E-state index contributed by atoms with van der Waals surface area (Å²) >= 11 is 0. The molecule has 28 heavy (non-hydrogen) atoms. The molecule has 11 heteroatoms. The zero-order chi connectivity index (χ0) is 20.6. The van der Waals surface area contributed by atoms with Crippen LogP contribution in [0.1, 0.15) is 17.0 Å². The first-order chi connectivity index (χ1) is 13.1. The van der Waals surface area contributed by atoms with E-state index in [4.69, 9.17) is 4.18 Å². The minimum absolute atomic E-state index is 0.0795. The van der Waals surface area contributed by atoms with Gasteiger partial charge in [0.25, 0.3) is 15.7 Å². The standard InChI is InChI=1S/C17H17N5O5S/c1-20-15-14(16(23)21(2)17(20)24)22(13(19-15)10-27-28(3,25)26)9-12-7-5-4-6-11(12)8-18/h4-7H,9-10H2,1-3H3. The molecule has 0 saturated heterocycles. The molecular weight excluding hydrogens is 386 g/mol. The molecule has 0 saturated carbocycles. The van der Waals surface area contributed by atoms with E-state index in [-0.39, 0.29) is 23.5 Å². The molecule has 3 rings (SSSR count). The van der Waals surface area contributed by atoms with Crippen LogP contribution in [0.15, 0.2) is 33.9 Å². The summed E-state index contributed by atoms with van der Waals surface area (Å²) in [6.45, 7) is -0.338. The Morgan fingerprint density at radius 2 is 1.86 bits per heavy atom. The number of rotatable bonds is 5. The van der Waals surface area contributed by atoms with Crippen molar-refractivity contribution in [2.45, 2.75) is 13.2 Å². The van der Waals surface area contributed by atoms with Crippen LogP contribution in [0.3, 0.4) is 0 Å². The van der Waals surface area contributed by atoms with Crippen molar-refractivity contribution in [2.24, 2.45) is 14.1 Å². The van der Waals surface area contributed by atoms with Crippen LogP contribution in [0.5, 0.6) is 0 Å². The molecule has 2 aromatic heterocycles. The molecule has 3 aromatic rings. The van der Waals surface area contributed by atoms with E-state index < -0.39 is 28.0 Å². The maximum Gasteiger partial charge on any atom is 0.332 e. The summed E-state index contributed by atoms with van der Waals surface area (Å²) in [5, 5.41) is 9.33. The summed E-state index contributed by atoms with van der Waals surface area (Å²) < 4.78 is 31.3. The molecule has 0 aliphatic heterocycles. The number of nitriles is 1. The summed E-state index contributed by atoms with van der Waals surface area (Å²) in [7, 11) is -0.948. The van der Waals surface area contributed by atoms with Crippen molar-refractivity contribution in [3.05, 3.63) is 62.1 Å². The lowest BCUT2D eigenvalue weighted by Crippen LogP contribution is -2.37. The van der Waals surface area contributed by atoms with E-state index in [9.17, 15) is 23.3 Å². The van der Waals surface area contributed by atoms with Crippen molar-refractivity contribution in [3.8, 4) is 6.07 Å². The fourth-order valence-corrected chi connectivity index (χ4v) is 3.19. The predicted octanol–water partition coefficient (Wildman–Crippen LogP) is -0.170. The van der Waals surface area contributed by atoms with Crippen LogP contribution in [0.25, 0.3) is 11.2 Å². The number of fused-ring (bicyclic) bond motifs is 1. The van der Waals surface area contributed by atoms with Gasteiger partial charge in [0.15, 0.2) is 11.2 Å². The molecule has 0 spiro atoms. The number of aromatic nitrogens is 4. The quantitative estimate of drug-likeness (QED) is 0.541. The van der Waals surface area contributed by atoms with Crippen molar-refractivity contribution in [1.82, 2.24) is 18.7 Å². The van der Waals surface area contributed by atoms with Crippen LogP contribution in [-0.2, 0) is 41.5 Å². The molecule has 0 amide bonds. The van der Waals surface area contributed by atoms with Gasteiger partial charge in [0.1, 0.15) is 12.4 Å². The van der Waals surface area contributed by atoms with E-state index in [0.717, 1.165) is 10.8 Å². The zero-order valence-corrected chi connectivity index (χ0v) is 16.2. The second-order valence-electron chi connectivity index (χ2n) is 6.23. The third-order valence-electron chi connectivity index (χ3n) is 4.30. The molecular formula is C17H17N5O5S. The fraction of sp³-hybridized carbons (Fsp3) is 0.294. The lowest BCUT2D eigenvalue weighted by Gasteiger charge is -2.11. The van der Waals surface area contributed by atoms with Crippen LogP contribution >= 0.6 is 0 Å². The van der Waals surface area contributed by atoms with Gasteiger partial charge >= 0.3 is 5.69 Å². The van der Waals surface area contributed by atoms with Crippen molar-refractivity contribution >= 4 is 21.3 Å². The van der Waals surface area contributed by atoms with Crippen LogP contribution in [0.4, 0.5) is 0 Å².